The average Bonchev–Trinajstić information content (AvgIpc) is 3.17. The van der Waals surface area contributed by atoms with Crippen molar-refractivity contribution in [2.24, 2.45) is 0 Å². The van der Waals surface area contributed by atoms with E-state index >= 15 is 0 Å². The SMILES string of the molecule is CC(C(=O)Nc1ccc(NC(=O)c2cccc(I)c2)cc1)n1cncn1. The number of anilines is 2. The van der Waals surface area contributed by atoms with Crippen LogP contribution in [-0.4, -0.2) is 26.6 Å². The Labute approximate surface area is 164 Å². The summed E-state index contributed by atoms with van der Waals surface area (Å²) in [7, 11) is 0. The quantitative estimate of drug-likeness (QED) is 0.571. The molecule has 0 radical (unpaired) electrons. The Morgan fingerprint density at radius 3 is 2.38 bits per heavy atom. The number of amides is 2. The Morgan fingerprint density at radius 2 is 1.77 bits per heavy atom. The van der Waals surface area contributed by atoms with Crippen LogP contribution in [0.2, 0.25) is 0 Å². The third kappa shape index (κ3) is 4.45. The van der Waals surface area contributed by atoms with Crippen molar-refractivity contribution in [2.45, 2.75) is 13.0 Å². The Kier molecular flexibility index (Phi) is 5.61. The van der Waals surface area contributed by atoms with Gasteiger partial charge in [-0.05, 0) is 72.0 Å². The minimum absolute atomic E-state index is 0.180. The van der Waals surface area contributed by atoms with Gasteiger partial charge in [0.1, 0.15) is 18.7 Å². The van der Waals surface area contributed by atoms with Crippen LogP contribution in [0, 0.1) is 3.57 Å². The van der Waals surface area contributed by atoms with E-state index in [2.05, 4.69) is 43.3 Å². The average molecular weight is 461 g/mol. The fraction of sp³-hybridized carbons (Fsp3) is 0.111. The lowest BCUT2D eigenvalue weighted by molar-refractivity contribution is -0.119. The summed E-state index contributed by atoms with van der Waals surface area (Å²) in [6, 6.07) is 13.8. The first kappa shape index (κ1) is 18.1. The molecular weight excluding hydrogens is 445 g/mol. The molecule has 1 heterocycles. The highest BCUT2D eigenvalue weighted by atomic mass is 127. The molecular formula is C18H16IN5O2. The molecule has 8 heteroatoms. The van der Waals surface area contributed by atoms with E-state index in [1.165, 1.54) is 17.3 Å². The summed E-state index contributed by atoms with van der Waals surface area (Å²) in [5.74, 6) is -0.383. The number of aromatic nitrogens is 3. The van der Waals surface area contributed by atoms with Gasteiger partial charge in [0.05, 0.1) is 0 Å². The number of rotatable bonds is 5. The van der Waals surface area contributed by atoms with Gasteiger partial charge in [0, 0.05) is 20.5 Å². The Hall–Kier alpha value is -2.75. The van der Waals surface area contributed by atoms with Gasteiger partial charge >= 0.3 is 0 Å². The van der Waals surface area contributed by atoms with Crippen LogP contribution in [0.15, 0.2) is 61.2 Å². The first-order valence-corrected chi connectivity index (χ1v) is 8.93. The maximum atomic E-state index is 12.2. The maximum Gasteiger partial charge on any atom is 0.255 e. The largest absolute Gasteiger partial charge is 0.324 e. The van der Waals surface area contributed by atoms with Gasteiger partial charge in [0.2, 0.25) is 5.91 Å². The number of hydrogen-bond donors (Lipinski definition) is 2. The van der Waals surface area contributed by atoms with Gasteiger partial charge in [0.15, 0.2) is 0 Å². The zero-order valence-corrected chi connectivity index (χ0v) is 16.0. The number of benzene rings is 2. The normalized spacial score (nSPS) is 11.6. The van der Waals surface area contributed by atoms with Crippen LogP contribution < -0.4 is 10.6 Å². The van der Waals surface area contributed by atoms with E-state index in [1.807, 2.05) is 18.2 Å². The van der Waals surface area contributed by atoms with Crippen molar-refractivity contribution < 1.29 is 9.59 Å². The molecule has 2 N–H and O–H groups in total. The summed E-state index contributed by atoms with van der Waals surface area (Å²) in [6.45, 7) is 1.74. The highest BCUT2D eigenvalue weighted by Crippen LogP contribution is 2.17. The molecule has 2 amide bonds. The van der Waals surface area contributed by atoms with Crippen LogP contribution in [0.3, 0.4) is 0 Å². The van der Waals surface area contributed by atoms with E-state index in [4.69, 9.17) is 0 Å². The predicted octanol–water partition coefficient (Wildman–Crippen LogP) is 3.33. The minimum atomic E-state index is -0.475. The molecule has 1 atom stereocenters. The molecule has 0 bridgehead atoms. The molecule has 2 aromatic carbocycles. The molecule has 0 saturated carbocycles. The third-order valence-electron chi connectivity index (χ3n) is 3.71. The highest BCUT2D eigenvalue weighted by Gasteiger charge is 2.15. The van der Waals surface area contributed by atoms with Crippen LogP contribution in [0.5, 0.6) is 0 Å². The first-order valence-electron chi connectivity index (χ1n) is 7.85. The minimum Gasteiger partial charge on any atom is -0.324 e. The van der Waals surface area contributed by atoms with Crippen molar-refractivity contribution in [1.29, 1.82) is 0 Å². The molecule has 0 aliphatic rings. The Balaban J connectivity index is 1.61. The lowest BCUT2D eigenvalue weighted by Crippen LogP contribution is -2.24. The number of nitrogens with one attached hydrogen (secondary N) is 2. The van der Waals surface area contributed by atoms with Gasteiger partial charge in [-0.3, -0.25) is 9.59 Å². The molecule has 1 unspecified atom stereocenters. The molecule has 7 nitrogen and oxygen atoms in total. The highest BCUT2D eigenvalue weighted by molar-refractivity contribution is 14.1. The fourth-order valence-electron chi connectivity index (χ4n) is 2.25. The second kappa shape index (κ2) is 8.09. The monoisotopic (exact) mass is 461 g/mol. The Morgan fingerprint density at radius 1 is 1.08 bits per heavy atom. The molecule has 1 aromatic heterocycles. The summed E-state index contributed by atoms with van der Waals surface area (Å²) in [4.78, 5) is 28.3. The van der Waals surface area contributed by atoms with Gasteiger partial charge in [-0.1, -0.05) is 6.07 Å². The Bertz CT molecular complexity index is 910. The lowest BCUT2D eigenvalue weighted by atomic mass is 10.2. The first-order chi connectivity index (χ1) is 12.5. The van der Waals surface area contributed by atoms with Gasteiger partial charge in [-0.2, -0.15) is 5.10 Å². The van der Waals surface area contributed by atoms with Crippen LogP contribution in [0.1, 0.15) is 23.3 Å². The van der Waals surface area contributed by atoms with E-state index < -0.39 is 6.04 Å². The fourth-order valence-corrected chi connectivity index (χ4v) is 2.80. The zero-order chi connectivity index (χ0) is 18.5. The van der Waals surface area contributed by atoms with E-state index in [-0.39, 0.29) is 11.8 Å². The van der Waals surface area contributed by atoms with Crippen LogP contribution in [0.4, 0.5) is 11.4 Å². The number of hydrogen-bond acceptors (Lipinski definition) is 4. The van der Waals surface area contributed by atoms with Gasteiger partial charge in [-0.25, -0.2) is 9.67 Å². The summed E-state index contributed by atoms with van der Waals surface area (Å²) < 4.78 is 2.47. The molecule has 26 heavy (non-hydrogen) atoms. The number of halogens is 1. The van der Waals surface area contributed by atoms with Crippen molar-refractivity contribution >= 4 is 45.8 Å². The molecule has 132 valence electrons. The molecule has 0 aliphatic heterocycles. The summed E-state index contributed by atoms with van der Waals surface area (Å²) in [5.41, 5.74) is 1.88. The molecule has 3 aromatic rings. The third-order valence-corrected chi connectivity index (χ3v) is 4.38. The van der Waals surface area contributed by atoms with Gasteiger partial charge in [0.25, 0.3) is 5.91 Å². The second-order valence-electron chi connectivity index (χ2n) is 5.58. The molecule has 0 spiro atoms. The van der Waals surface area contributed by atoms with Crippen molar-refractivity contribution in [3.63, 3.8) is 0 Å². The van der Waals surface area contributed by atoms with Crippen LogP contribution >= 0.6 is 22.6 Å². The van der Waals surface area contributed by atoms with Crippen molar-refractivity contribution in [3.05, 3.63) is 70.3 Å². The topological polar surface area (TPSA) is 88.9 Å². The van der Waals surface area contributed by atoms with Crippen LogP contribution in [-0.2, 0) is 4.79 Å². The summed E-state index contributed by atoms with van der Waals surface area (Å²) in [5, 5.41) is 9.60. The lowest BCUT2D eigenvalue weighted by Gasteiger charge is -2.12. The predicted molar refractivity (Wildman–Crippen MR) is 107 cm³/mol. The van der Waals surface area contributed by atoms with E-state index in [1.54, 1.807) is 37.3 Å². The molecule has 0 fully saturated rings. The van der Waals surface area contributed by atoms with E-state index in [9.17, 15) is 9.59 Å². The van der Waals surface area contributed by atoms with Crippen molar-refractivity contribution in [2.75, 3.05) is 10.6 Å². The number of carbonyl (C=O) groups excluding carboxylic acids is 2. The number of nitrogens with zero attached hydrogens (tertiary/aromatic N) is 3. The smallest absolute Gasteiger partial charge is 0.255 e. The molecule has 3 rings (SSSR count). The van der Waals surface area contributed by atoms with Gasteiger partial charge in [-0.15, -0.1) is 0 Å². The second-order valence-corrected chi connectivity index (χ2v) is 6.83. The van der Waals surface area contributed by atoms with E-state index in [0.29, 0.717) is 16.9 Å². The standard InChI is InChI=1S/C18H16IN5O2/c1-12(24-11-20-10-21-24)17(25)22-15-5-7-16(8-6-15)23-18(26)13-3-2-4-14(19)9-13/h2-12H,1H3,(H,22,25)(H,23,26). The summed E-state index contributed by atoms with van der Waals surface area (Å²) in [6.07, 6.45) is 2.88. The maximum absolute atomic E-state index is 12.2. The van der Waals surface area contributed by atoms with Crippen LogP contribution in [0.25, 0.3) is 0 Å². The van der Waals surface area contributed by atoms with E-state index in [0.717, 1.165) is 3.57 Å². The van der Waals surface area contributed by atoms with Gasteiger partial charge < -0.3 is 10.6 Å². The zero-order valence-electron chi connectivity index (χ0n) is 13.9. The number of carbonyl (C=O) groups is 2. The van der Waals surface area contributed by atoms with Crippen molar-refractivity contribution in [1.82, 2.24) is 14.8 Å². The molecule has 0 aliphatic carbocycles. The van der Waals surface area contributed by atoms with Crippen molar-refractivity contribution in [3.8, 4) is 0 Å². The summed E-state index contributed by atoms with van der Waals surface area (Å²) >= 11 is 2.16. The molecule has 0 saturated heterocycles.